The van der Waals surface area contributed by atoms with Gasteiger partial charge in [0.05, 0.1) is 11.5 Å². The molecule has 4 rings (SSSR count). The van der Waals surface area contributed by atoms with E-state index in [-0.39, 0.29) is 17.3 Å². The Labute approximate surface area is 186 Å². The SMILES string of the molecule is C=C1C=C2C[C@@](C)(O)CCC2(C)C2CCC3(C)C(CCCC(C)C(F)(F)F)CCC3C12. The molecule has 0 spiro atoms. The Hall–Kier alpha value is -0.770. The molecule has 7 unspecified atom stereocenters. The molecule has 4 heteroatoms. The average molecular weight is 439 g/mol. The second-order valence-corrected chi connectivity index (χ2v) is 12.3. The molecule has 4 aliphatic rings. The van der Waals surface area contributed by atoms with Crippen LogP contribution in [0.5, 0.6) is 0 Å². The highest BCUT2D eigenvalue weighted by Gasteiger charge is 2.59. The average Bonchev–Trinajstić information content (AvgIpc) is 2.99. The van der Waals surface area contributed by atoms with Crippen molar-refractivity contribution in [1.29, 1.82) is 0 Å². The highest BCUT2D eigenvalue weighted by atomic mass is 19.4. The van der Waals surface area contributed by atoms with E-state index >= 15 is 0 Å². The predicted molar refractivity (Wildman–Crippen MR) is 119 cm³/mol. The molecule has 0 aromatic rings. The van der Waals surface area contributed by atoms with Gasteiger partial charge in [-0.1, -0.05) is 51.0 Å². The first-order chi connectivity index (χ1) is 14.3. The number of aliphatic hydroxyl groups is 1. The Morgan fingerprint density at radius 1 is 1.10 bits per heavy atom. The second-order valence-electron chi connectivity index (χ2n) is 12.3. The molecule has 0 heterocycles. The van der Waals surface area contributed by atoms with Crippen molar-refractivity contribution in [3.8, 4) is 0 Å². The molecule has 1 nitrogen and oxygen atoms in total. The summed E-state index contributed by atoms with van der Waals surface area (Å²) in [4.78, 5) is 0. The Bertz CT molecular complexity index is 750. The molecule has 176 valence electrons. The van der Waals surface area contributed by atoms with E-state index in [1.807, 2.05) is 6.92 Å². The maximum absolute atomic E-state index is 12.9. The van der Waals surface area contributed by atoms with Gasteiger partial charge in [-0.25, -0.2) is 0 Å². The van der Waals surface area contributed by atoms with Gasteiger partial charge in [-0.15, -0.1) is 0 Å². The number of hydrogen-bond acceptors (Lipinski definition) is 1. The fourth-order valence-electron chi connectivity index (χ4n) is 8.14. The van der Waals surface area contributed by atoms with Crippen LogP contribution < -0.4 is 0 Å². The maximum Gasteiger partial charge on any atom is 0.391 e. The van der Waals surface area contributed by atoms with Gasteiger partial charge in [0, 0.05) is 0 Å². The van der Waals surface area contributed by atoms with Crippen LogP contribution in [0.1, 0.15) is 91.9 Å². The van der Waals surface area contributed by atoms with Crippen molar-refractivity contribution in [1.82, 2.24) is 0 Å². The normalized spacial score (nSPS) is 46.1. The summed E-state index contributed by atoms with van der Waals surface area (Å²) < 4.78 is 38.7. The van der Waals surface area contributed by atoms with E-state index in [9.17, 15) is 18.3 Å². The molecule has 0 aromatic carbocycles. The largest absolute Gasteiger partial charge is 0.391 e. The third-order valence-electron chi connectivity index (χ3n) is 10.3. The van der Waals surface area contributed by atoms with Crippen LogP contribution in [0.15, 0.2) is 23.8 Å². The van der Waals surface area contributed by atoms with Crippen molar-refractivity contribution in [2.45, 2.75) is 104 Å². The molecule has 31 heavy (non-hydrogen) atoms. The molecule has 8 atom stereocenters. The Morgan fingerprint density at radius 3 is 2.48 bits per heavy atom. The van der Waals surface area contributed by atoms with Gasteiger partial charge in [-0.05, 0) is 99.2 Å². The minimum absolute atomic E-state index is 0.162. The monoisotopic (exact) mass is 438 g/mol. The number of fused-ring (bicyclic) bond motifs is 5. The molecular formula is C27H41F3O. The van der Waals surface area contributed by atoms with Gasteiger partial charge in [-0.2, -0.15) is 13.2 Å². The van der Waals surface area contributed by atoms with Gasteiger partial charge >= 0.3 is 6.18 Å². The van der Waals surface area contributed by atoms with Crippen LogP contribution in [-0.4, -0.2) is 16.9 Å². The summed E-state index contributed by atoms with van der Waals surface area (Å²) in [6.07, 6.45) is 7.49. The lowest BCUT2D eigenvalue weighted by molar-refractivity contribution is -0.171. The Morgan fingerprint density at radius 2 is 1.81 bits per heavy atom. The van der Waals surface area contributed by atoms with Gasteiger partial charge in [0.15, 0.2) is 0 Å². The topological polar surface area (TPSA) is 20.2 Å². The lowest BCUT2D eigenvalue weighted by Crippen LogP contribution is -2.52. The molecule has 0 amide bonds. The third kappa shape index (κ3) is 3.93. The van der Waals surface area contributed by atoms with E-state index in [0.717, 1.165) is 32.1 Å². The van der Waals surface area contributed by atoms with Crippen LogP contribution in [-0.2, 0) is 0 Å². The zero-order chi connectivity index (χ0) is 22.8. The van der Waals surface area contributed by atoms with Crippen LogP contribution in [0.2, 0.25) is 0 Å². The van der Waals surface area contributed by atoms with E-state index in [1.54, 1.807) is 0 Å². The molecule has 0 bridgehead atoms. The van der Waals surface area contributed by atoms with E-state index in [4.69, 9.17) is 0 Å². The third-order valence-corrected chi connectivity index (χ3v) is 10.3. The zero-order valence-electron chi connectivity index (χ0n) is 19.8. The van der Waals surface area contributed by atoms with E-state index in [2.05, 4.69) is 26.5 Å². The number of alkyl halides is 3. The van der Waals surface area contributed by atoms with Crippen molar-refractivity contribution in [2.75, 3.05) is 0 Å². The van der Waals surface area contributed by atoms with Crippen molar-refractivity contribution < 1.29 is 18.3 Å². The van der Waals surface area contributed by atoms with E-state index in [1.165, 1.54) is 37.3 Å². The lowest BCUT2D eigenvalue weighted by atomic mass is 9.46. The molecule has 0 radical (unpaired) electrons. The summed E-state index contributed by atoms with van der Waals surface area (Å²) in [5.41, 5.74) is 2.43. The molecule has 1 N–H and O–H groups in total. The number of allylic oxidation sites excluding steroid dienone is 2. The van der Waals surface area contributed by atoms with Crippen molar-refractivity contribution in [3.63, 3.8) is 0 Å². The fraction of sp³-hybridized carbons (Fsp3) is 0.852. The maximum atomic E-state index is 12.9. The molecule has 0 aliphatic heterocycles. The molecule has 0 aromatic heterocycles. The minimum Gasteiger partial charge on any atom is -0.390 e. The van der Waals surface area contributed by atoms with Crippen LogP contribution in [0.3, 0.4) is 0 Å². The quantitative estimate of drug-likeness (QED) is 0.474. The summed E-state index contributed by atoms with van der Waals surface area (Å²) in [7, 11) is 0. The highest BCUT2D eigenvalue weighted by Crippen LogP contribution is 2.68. The highest BCUT2D eigenvalue weighted by molar-refractivity contribution is 5.38. The summed E-state index contributed by atoms with van der Waals surface area (Å²) in [5, 5.41) is 10.7. The summed E-state index contributed by atoms with van der Waals surface area (Å²) >= 11 is 0. The molecular weight excluding hydrogens is 397 g/mol. The number of rotatable bonds is 4. The summed E-state index contributed by atoms with van der Waals surface area (Å²) in [5.74, 6) is 1.03. The number of hydrogen-bond donors (Lipinski definition) is 1. The summed E-state index contributed by atoms with van der Waals surface area (Å²) in [6, 6.07) is 0. The van der Waals surface area contributed by atoms with Crippen LogP contribution >= 0.6 is 0 Å². The van der Waals surface area contributed by atoms with Crippen molar-refractivity contribution in [2.24, 2.45) is 40.4 Å². The Balaban J connectivity index is 1.50. The standard InChI is InChI=1S/C27H41F3O/c1-17-15-20-16-24(3,31)13-14-26(20,5)22-11-12-25(4)19(9-10-21(25)23(17)22)8-6-7-18(2)27(28,29)30/h15,18-19,21-23,31H,1,6-14,16H2,2-5H3/t18?,19?,21?,22?,23?,24-,25?,26?/m0/s1. The van der Waals surface area contributed by atoms with Gasteiger partial charge in [0.1, 0.15) is 0 Å². The fourth-order valence-corrected chi connectivity index (χ4v) is 8.14. The Kier molecular flexibility index (Phi) is 5.76. The molecule has 3 saturated carbocycles. The smallest absolute Gasteiger partial charge is 0.390 e. The van der Waals surface area contributed by atoms with Crippen molar-refractivity contribution in [3.05, 3.63) is 23.8 Å². The van der Waals surface area contributed by atoms with Gasteiger partial charge in [0.2, 0.25) is 0 Å². The minimum atomic E-state index is -4.07. The number of halogens is 3. The second kappa shape index (κ2) is 7.64. The summed E-state index contributed by atoms with van der Waals surface area (Å²) in [6.45, 7) is 12.6. The predicted octanol–water partition coefficient (Wildman–Crippen LogP) is 7.85. The van der Waals surface area contributed by atoms with Gasteiger partial charge in [0.25, 0.3) is 0 Å². The van der Waals surface area contributed by atoms with Crippen LogP contribution in [0.25, 0.3) is 0 Å². The molecule has 0 saturated heterocycles. The van der Waals surface area contributed by atoms with E-state index < -0.39 is 17.7 Å². The van der Waals surface area contributed by atoms with Gasteiger partial charge < -0.3 is 5.11 Å². The first-order valence-corrected chi connectivity index (χ1v) is 12.5. The van der Waals surface area contributed by atoms with Gasteiger partial charge in [-0.3, -0.25) is 0 Å². The van der Waals surface area contributed by atoms with Crippen molar-refractivity contribution >= 4 is 0 Å². The first kappa shape index (κ1) is 23.4. The van der Waals surface area contributed by atoms with E-state index in [0.29, 0.717) is 30.1 Å². The molecule has 3 fully saturated rings. The zero-order valence-corrected chi connectivity index (χ0v) is 19.8. The molecule has 4 aliphatic carbocycles. The lowest BCUT2D eigenvalue weighted by Gasteiger charge is -2.59. The van der Waals surface area contributed by atoms with Crippen LogP contribution in [0.4, 0.5) is 13.2 Å². The first-order valence-electron chi connectivity index (χ1n) is 12.5. The van der Waals surface area contributed by atoms with Crippen LogP contribution in [0, 0.1) is 40.4 Å².